The Hall–Kier alpha value is -1.87. The number of rotatable bonds is 7. The molecule has 0 saturated heterocycles. The molecule has 2 nitrogen and oxygen atoms in total. The summed E-state index contributed by atoms with van der Waals surface area (Å²) in [6, 6.07) is 14.1. The summed E-state index contributed by atoms with van der Waals surface area (Å²) < 4.78 is 14.0. The van der Waals surface area contributed by atoms with E-state index in [1.165, 1.54) is 6.07 Å². The first-order valence-corrected chi connectivity index (χ1v) is 7.43. The number of phenols is 1. The molecule has 1 atom stereocenters. The van der Waals surface area contributed by atoms with E-state index in [1.807, 2.05) is 24.3 Å². The van der Waals surface area contributed by atoms with Gasteiger partial charge in [-0.25, -0.2) is 4.39 Å². The van der Waals surface area contributed by atoms with E-state index in [-0.39, 0.29) is 17.5 Å². The number of nitrogens with one attached hydrogen (secondary N) is 1. The molecule has 0 heterocycles. The van der Waals surface area contributed by atoms with Crippen LogP contribution >= 0.6 is 0 Å². The number of aromatic hydroxyl groups is 1. The summed E-state index contributed by atoms with van der Waals surface area (Å²) in [4.78, 5) is 0. The molecule has 0 aliphatic heterocycles. The van der Waals surface area contributed by atoms with Crippen LogP contribution in [0.4, 0.5) is 4.39 Å². The molecular formula is C18H22FNO. The predicted molar refractivity (Wildman–Crippen MR) is 84.1 cm³/mol. The molecule has 21 heavy (non-hydrogen) atoms. The normalized spacial score (nSPS) is 12.3. The van der Waals surface area contributed by atoms with Crippen LogP contribution in [0.25, 0.3) is 0 Å². The monoisotopic (exact) mass is 287 g/mol. The Balaban J connectivity index is 2.15. The van der Waals surface area contributed by atoms with Gasteiger partial charge >= 0.3 is 0 Å². The molecule has 112 valence electrons. The van der Waals surface area contributed by atoms with Crippen LogP contribution in [0.5, 0.6) is 5.75 Å². The zero-order valence-corrected chi connectivity index (χ0v) is 12.3. The Bertz CT molecular complexity index is 553. The highest BCUT2D eigenvalue weighted by Gasteiger charge is 2.15. The fourth-order valence-corrected chi connectivity index (χ4v) is 2.47. The van der Waals surface area contributed by atoms with E-state index >= 15 is 0 Å². The average Bonchev–Trinajstić information content (AvgIpc) is 2.49. The summed E-state index contributed by atoms with van der Waals surface area (Å²) >= 11 is 0. The van der Waals surface area contributed by atoms with Gasteiger partial charge in [-0.2, -0.15) is 0 Å². The van der Waals surface area contributed by atoms with E-state index in [0.29, 0.717) is 0 Å². The highest BCUT2D eigenvalue weighted by Crippen LogP contribution is 2.24. The first-order valence-electron chi connectivity index (χ1n) is 7.43. The van der Waals surface area contributed by atoms with Crippen molar-refractivity contribution in [1.82, 2.24) is 5.32 Å². The maximum absolute atomic E-state index is 14.0. The largest absolute Gasteiger partial charge is 0.508 e. The van der Waals surface area contributed by atoms with Crippen LogP contribution in [0, 0.1) is 5.82 Å². The minimum atomic E-state index is -0.153. The number of hydrogen-bond acceptors (Lipinski definition) is 2. The van der Waals surface area contributed by atoms with Gasteiger partial charge in [0.2, 0.25) is 0 Å². The van der Waals surface area contributed by atoms with Crippen LogP contribution < -0.4 is 5.32 Å². The van der Waals surface area contributed by atoms with E-state index < -0.39 is 0 Å². The van der Waals surface area contributed by atoms with Crippen LogP contribution in [-0.4, -0.2) is 18.2 Å². The Labute approximate surface area is 125 Å². The van der Waals surface area contributed by atoms with Crippen molar-refractivity contribution in [3.63, 3.8) is 0 Å². The van der Waals surface area contributed by atoms with E-state index in [4.69, 9.17) is 0 Å². The number of phenolic OH excluding ortho intramolecular Hbond substituents is 1. The minimum Gasteiger partial charge on any atom is -0.508 e. The standard InChI is InChI=1S/C18H22FNO/c1-2-11-20-13-15(17-5-3-4-6-18(17)19)12-14-7-9-16(21)10-8-14/h3-10,15,20-21H,2,11-13H2,1H3. The lowest BCUT2D eigenvalue weighted by Crippen LogP contribution is -2.24. The SMILES string of the molecule is CCCNCC(Cc1ccc(O)cc1)c1ccccc1F. The van der Waals surface area contributed by atoms with Gasteiger partial charge in [-0.05, 0) is 48.7 Å². The first-order chi connectivity index (χ1) is 10.2. The summed E-state index contributed by atoms with van der Waals surface area (Å²) in [7, 11) is 0. The molecule has 0 saturated carbocycles. The molecule has 0 spiro atoms. The number of hydrogen-bond donors (Lipinski definition) is 2. The maximum Gasteiger partial charge on any atom is 0.126 e. The van der Waals surface area contributed by atoms with Gasteiger partial charge in [-0.1, -0.05) is 37.3 Å². The predicted octanol–water partition coefficient (Wildman–Crippen LogP) is 3.86. The van der Waals surface area contributed by atoms with Gasteiger partial charge in [0.25, 0.3) is 0 Å². The van der Waals surface area contributed by atoms with E-state index in [9.17, 15) is 9.50 Å². The summed E-state index contributed by atoms with van der Waals surface area (Å²) in [6.07, 6.45) is 1.81. The molecule has 2 aromatic rings. The van der Waals surface area contributed by atoms with Gasteiger partial charge < -0.3 is 10.4 Å². The van der Waals surface area contributed by atoms with Gasteiger partial charge in [-0.15, -0.1) is 0 Å². The summed E-state index contributed by atoms with van der Waals surface area (Å²) in [5, 5.41) is 12.7. The molecule has 0 aliphatic carbocycles. The second kappa shape index (κ2) is 7.79. The van der Waals surface area contributed by atoms with Gasteiger partial charge in [0.15, 0.2) is 0 Å². The second-order valence-corrected chi connectivity index (χ2v) is 5.29. The number of benzene rings is 2. The zero-order valence-electron chi connectivity index (χ0n) is 12.3. The smallest absolute Gasteiger partial charge is 0.126 e. The van der Waals surface area contributed by atoms with Crippen molar-refractivity contribution in [3.8, 4) is 5.75 Å². The molecule has 1 unspecified atom stereocenters. The van der Waals surface area contributed by atoms with Crippen molar-refractivity contribution < 1.29 is 9.50 Å². The van der Waals surface area contributed by atoms with Gasteiger partial charge in [0.05, 0.1) is 0 Å². The van der Waals surface area contributed by atoms with Crippen LogP contribution in [0.15, 0.2) is 48.5 Å². The van der Waals surface area contributed by atoms with Crippen molar-refractivity contribution in [2.75, 3.05) is 13.1 Å². The van der Waals surface area contributed by atoms with Crippen molar-refractivity contribution >= 4 is 0 Å². The molecule has 0 radical (unpaired) electrons. The van der Waals surface area contributed by atoms with Crippen LogP contribution in [0.1, 0.15) is 30.4 Å². The summed E-state index contributed by atoms with van der Waals surface area (Å²) in [5.74, 6) is 0.187. The van der Waals surface area contributed by atoms with E-state index in [2.05, 4.69) is 12.2 Å². The fraction of sp³-hybridized carbons (Fsp3) is 0.333. The average molecular weight is 287 g/mol. The molecule has 2 aromatic carbocycles. The topological polar surface area (TPSA) is 32.3 Å². The van der Waals surface area contributed by atoms with Gasteiger partial charge in [0, 0.05) is 12.5 Å². The molecule has 0 fully saturated rings. The molecular weight excluding hydrogens is 265 g/mol. The third-order valence-electron chi connectivity index (χ3n) is 3.58. The van der Waals surface area contributed by atoms with Gasteiger partial charge in [-0.3, -0.25) is 0 Å². The molecule has 0 aromatic heterocycles. The quantitative estimate of drug-likeness (QED) is 0.758. The van der Waals surface area contributed by atoms with Crippen LogP contribution in [-0.2, 0) is 6.42 Å². The molecule has 0 aliphatic rings. The lowest BCUT2D eigenvalue weighted by molar-refractivity contribution is 0.474. The second-order valence-electron chi connectivity index (χ2n) is 5.29. The third kappa shape index (κ3) is 4.57. The Morgan fingerprint density at radius 2 is 1.81 bits per heavy atom. The van der Waals surface area contributed by atoms with E-state index in [0.717, 1.165) is 37.1 Å². The van der Waals surface area contributed by atoms with E-state index in [1.54, 1.807) is 18.2 Å². The third-order valence-corrected chi connectivity index (χ3v) is 3.58. The lowest BCUT2D eigenvalue weighted by Gasteiger charge is -2.19. The summed E-state index contributed by atoms with van der Waals surface area (Å²) in [5.41, 5.74) is 1.84. The van der Waals surface area contributed by atoms with Crippen molar-refractivity contribution in [2.45, 2.75) is 25.7 Å². The lowest BCUT2D eigenvalue weighted by atomic mass is 9.91. The zero-order chi connectivity index (χ0) is 15.1. The number of halogens is 1. The maximum atomic E-state index is 14.0. The first kappa shape index (κ1) is 15.5. The minimum absolute atomic E-state index is 0.0855. The molecule has 0 amide bonds. The Morgan fingerprint density at radius 3 is 2.48 bits per heavy atom. The highest BCUT2D eigenvalue weighted by molar-refractivity contribution is 5.29. The summed E-state index contributed by atoms with van der Waals surface area (Å²) in [6.45, 7) is 3.79. The van der Waals surface area contributed by atoms with Crippen LogP contribution in [0.2, 0.25) is 0 Å². The molecule has 2 N–H and O–H groups in total. The molecule has 3 heteroatoms. The van der Waals surface area contributed by atoms with Crippen LogP contribution in [0.3, 0.4) is 0 Å². The highest BCUT2D eigenvalue weighted by atomic mass is 19.1. The molecule has 2 rings (SSSR count). The van der Waals surface area contributed by atoms with Crippen molar-refractivity contribution in [1.29, 1.82) is 0 Å². The van der Waals surface area contributed by atoms with Gasteiger partial charge in [0.1, 0.15) is 11.6 Å². The Kier molecular flexibility index (Phi) is 5.76. The Morgan fingerprint density at radius 1 is 1.10 bits per heavy atom. The van der Waals surface area contributed by atoms with Crippen molar-refractivity contribution in [2.24, 2.45) is 0 Å². The van der Waals surface area contributed by atoms with Crippen molar-refractivity contribution in [3.05, 3.63) is 65.5 Å². The molecule has 0 bridgehead atoms. The fourth-order valence-electron chi connectivity index (χ4n) is 2.47.